The van der Waals surface area contributed by atoms with Gasteiger partial charge >= 0.3 is 0 Å². The van der Waals surface area contributed by atoms with Crippen LogP contribution in [0.5, 0.6) is 0 Å². The van der Waals surface area contributed by atoms with Gasteiger partial charge in [0, 0.05) is 11.5 Å². The summed E-state index contributed by atoms with van der Waals surface area (Å²) in [5, 5.41) is 7.56. The molecule has 0 unspecified atom stereocenters. The summed E-state index contributed by atoms with van der Waals surface area (Å²) in [7, 11) is 0. The predicted molar refractivity (Wildman–Crippen MR) is 106 cm³/mol. The molecule has 0 atom stereocenters. The van der Waals surface area contributed by atoms with E-state index in [4.69, 9.17) is 5.10 Å². The fourth-order valence-electron chi connectivity index (χ4n) is 2.81. The summed E-state index contributed by atoms with van der Waals surface area (Å²) < 4.78 is 15.7. The number of aromatic nitrogens is 2. The zero-order valence-electron chi connectivity index (χ0n) is 16.3. The SMILES string of the molecule is Cc1cccc(-n2nc(C(C)(C)C)cc2NC(=O)c2ccccc2F)c1C. The van der Waals surface area contributed by atoms with Gasteiger partial charge in [-0.15, -0.1) is 0 Å². The van der Waals surface area contributed by atoms with Gasteiger partial charge in [0.15, 0.2) is 0 Å². The van der Waals surface area contributed by atoms with Gasteiger partial charge < -0.3 is 5.32 Å². The second kappa shape index (κ2) is 6.99. The number of benzene rings is 2. The van der Waals surface area contributed by atoms with Crippen molar-refractivity contribution in [2.75, 3.05) is 5.32 Å². The summed E-state index contributed by atoms with van der Waals surface area (Å²) in [6.07, 6.45) is 0. The maximum Gasteiger partial charge on any atom is 0.259 e. The Morgan fingerprint density at radius 1 is 1.07 bits per heavy atom. The number of aryl methyl sites for hydroxylation is 1. The second-order valence-electron chi connectivity index (χ2n) is 7.73. The van der Waals surface area contributed by atoms with Crippen molar-refractivity contribution in [3.8, 4) is 5.69 Å². The number of hydrogen-bond acceptors (Lipinski definition) is 2. The van der Waals surface area contributed by atoms with Crippen LogP contribution in [0.3, 0.4) is 0 Å². The minimum absolute atomic E-state index is 0.00326. The van der Waals surface area contributed by atoms with Crippen LogP contribution in [-0.4, -0.2) is 15.7 Å². The van der Waals surface area contributed by atoms with E-state index in [9.17, 15) is 9.18 Å². The number of carbonyl (C=O) groups is 1. The Kier molecular flexibility index (Phi) is 4.87. The molecule has 0 saturated carbocycles. The predicted octanol–water partition coefficient (Wildman–Crippen LogP) is 5.18. The van der Waals surface area contributed by atoms with Gasteiger partial charge in [0.1, 0.15) is 11.6 Å². The highest BCUT2D eigenvalue weighted by molar-refractivity contribution is 6.04. The first-order valence-corrected chi connectivity index (χ1v) is 8.91. The third-order valence-corrected chi connectivity index (χ3v) is 4.64. The largest absolute Gasteiger partial charge is 0.306 e. The number of carbonyl (C=O) groups excluding carboxylic acids is 1. The van der Waals surface area contributed by atoms with Crippen molar-refractivity contribution in [1.29, 1.82) is 0 Å². The summed E-state index contributed by atoms with van der Waals surface area (Å²) >= 11 is 0. The Hall–Kier alpha value is -2.95. The van der Waals surface area contributed by atoms with E-state index in [0.29, 0.717) is 5.82 Å². The van der Waals surface area contributed by atoms with Gasteiger partial charge in [-0.3, -0.25) is 4.79 Å². The van der Waals surface area contributed by atoms with Crippen molar-refractivity contribution >= 4 is 11.7 Å². The van der Waals surface area contributed by atoms with Gasteiger partial charge in [-0.1, -0.05) is 45.0 Å². The molecule has 3 aromatic rings. The number of anilines is 1. The highest BCUT2D eigenvalue weighted by Crippen LogP contribution is 2.28. The van der Waals surface area contributed by atoms with Crippen LogP contribution in [0.2, 0.25) is 0 Å². The first-order chi connectivity index (χ1) is 12.7. The van der Waals surface area contributed by atoms with E-state index in [0.717, 1.165) is 22.5 Å². The smallest absolute Gasteiger partial charge is 0.259 e. The number of nitrogens with zero attached hydrogens (tertiary/aromatic N) is 2. The van der Waals surface area contributed by atoms with E-state index in [1.807, 2.05) is 38.1 Å². The van der Waals surface area contributed by atoms with Crippen LogP contribution in [0.4, 0.5) is 10.2 Å². The molecular formula is C22H24FN3O. The monoisotopic (exact) mass is 365 g/mol. The summed E-state index contributed by atoms with van der Waals surface area (Å²) in [4.78, 5) is 12.6. The average molecular weight is 365 g/mol. The van der Waals surface area contributed by atoms with Crippen molar-refractivity contribution < 1.29 is 9.18 Å². The molecule has 140 valence electrons. The third-order valence-electron chi connectivity index (χ3n) is 4.64. The minimum Gasteiger partial charge on any atom is -0.306 e. The van der Waals surface area contributed by atoms with Gasteiger partial charge in [0.2, 0.25) is 0 Å². The molecule has 5 heteroatoms. The van der Waals surface area contributed by atoms with Crippen molar-refractivity contribution in [1.82, 2.24) is 9.78 Å². The summed E-state index contributed by atoms with van der Waals surface area (Å²) in [5.41, 5.74) is 3.74. The van der Waals surface area contributed by atoms with Crippen molar-refractivity contribution in [2.45, 2.75) is 40.0 Å². The topological polar surface area (TPSA) is 46.9 Å². The Bertz CT molecular complexity index is 999. The maximum atomic E-state index is 14.0. The average Bonchev–Trinajstić information content (AvgIpc) is 3.01. The zero-order chi connectivity index (χ0) is 19.8. The lowest BCUT2D eigenvalue weighted by Crippen LogP contribution is -2.17. The molecule has 0 fully saturated rings. The van der Waals surface area contributed by atoms with Crippen LogP contribution < -0.4 is 5.32 Å². The molecule has 0 aliphatic heterocycles. The minimum atomic E-state index is -0.552. The molecule has 0 radical (unpaired) electrons. The van der Waals surface area contributed by atoms with Gasteiger partial charge in [-0.05, 0) is 43.2 Å². The number of rotatable bonds is 3. The van der Waals surface area contributed by atoms with Gasteiger partial charge in [-0.25, -0.2) is 9.07 Å². The first-order valence-electron chi connectivity index (χ1n) is 8.91. The van der Waals surface area contributed by atoms with Crippen molar-refractivity contribution in [3.63, 3.8) is 0 Å². The molecule has 0 aliphatic carbocycles. The van der Waals surface area contributed by atoms with E-state index in [-0.39, 0.29) is 11.0 Å². The molecule has 1 heterocycles. The second-order valence-corrected chi connectivity index (χ2v) is 7.73. The quantitative estimate of drug-likeness (QED) is 0.695. The molecule has 0 spiro atoms. The van der Waals surface area contributed by atoms with E-state index < -0.39 is 11.7 Å². The Balaban J connectivity index is 2.09. The van der Waals surface area contributed by atoms with E-state index in [2.05, 4.69) is 26.1 Å². The summed E-state index contributed by atoms with van der Waals surface area (Å²) in [6.45, 7) is 10.2. The maximum absolute atomic E-state index is 14.0. The first kappa shape index (κ1) is 18.8. The summed E-state index contributed by atoms with van der Waals surface area (Å²) in [6, 6.07) is 13.7. The molecule has 0 bridgehead atoms. The lowest BCUT2D eigenvalue weighted by Gasteiger charge is -2.15. The normalized spacial score (nSPS) is 11.5. The molecular weight excluding hydrogens is 341 g/mol. The molecule has 1 N–H and O–H groups in total. The number of amides is 1. The van der Waals surface area contributed by atoms with E-state index in [1.54, 1.807) is 16.8 Å². The van der Waals surface area contributed by atoms with Crippen molar-refractivity contribution in [2.24, 2.45) is 0 Å². The van der Waals surface area contributed by atoms with Crippen LogP contribution in [0, 0.1) is 19.7 Å². The van der Waals surface area contributed by atoms with Crippen LogP contribution in [0.1, 0.15) is 48.0 Å². The van der Waals surface area contributed by atoms with E-state index in [1.165, 1.54) is 12.1 Å². The lowest BCUT2D eigenvalue weighted by atomic mass is 9.92. The van der Waals surface area contributed by atoms with Crippen LogP contribution in [0.15, 0.2) is 48.5 Å². The van der Waals surface area contributed by atoms with Crippen LogP contribution >= 0.6 is 0 Å². The standard InChI is InChI=1S/C22H24FN3O/c1-14-9-8-12-18(15(14)2)26-20(13-19(25-26)22(3,4)5)24-21(27)16-10-6-7-11-17(16)23/h6-13H,1-5H3,(H,24,27). The number of hydrogen-bond donors (Lipinski definition) is 1. The lowest BCUT2D eigenvalue weighted by molar-refractivity contribution is 0.102. The summed E-state index contributed by atoms with van der Waals surface area (Å²) in [5.74, 6) is -0.536. The Labute approximate surface area is 159 Å². The molecule has 27 heavy (non-hydrogen) atoms. The van der Waals surface area contributed by atoms with Gasteiger partial charge in [0.25, 0.3) is 5.91 Å². The molecule has 0 saturated heterocycles. The third kappa shape index (κ3) is 3.77. The zero-order valence-corrected chi connectivity index (χ0v) is 16.3. The molecule has 4 nitrogen and oxygen atoms in total. The highest BCUT2D eigenvalue weighted by Gasteiger charge is 2.23. The van der Waals surface area contributed by atoms with Gasteiger partial charge in [-0.2, -0.15) is 5.10 Å². The molecule has 0 aliphatic rings. The number of nitrogens with one attached hydrogen (secondary N) is 1. The Morgan fingerprint density at radius 3 is 2.44 bits per heavy atom. The number of halogens is 1. The van der Waals surface area contributed by atoms with Crippen LogP contribution in [0.25, 0.3) is 5.69 Å². The van der Waals surface area contributed by atoms with Crippen molar-refractivity contribution in [3.05, 3.63) is 76.7 Å². The van der Waals surface area contributed by atoms with Gasteiger partial charge in [0.05, 0.1) is 16.9 Å². The fourth-order valence-corrected chi connectivity index (χ4v) is 2.81. The van der Waals surface area contributed by atoms with E-state index >= 15 is 0 Å². The van der Waals surface area contributed by atoms with Crippen LogP contribution in [-0.2, 0) is 5.41 Å². The molecule has 1 aromatic heterocycles. The fraction of sp³-hybridized carbons (Fsp3) is 0.273. The highest BCUT2D eigenvalue weighted by atomic mass is 19.1. The molecule has 1 amide bonds. The Morgan fingerprint density at radius 2 is 1.78 bits per heavy atom. The molecule has 2 aromatic carbocycles. The molecule has 3 rings (SSSR count).